The number of ether oxygens (including phenoxy) is 1. The van der Waals surface area contributed by atoms with Crippen LogP contribution in [0.15, 0.2) is 28.8 Å². The van der Waals surface area contributed by atoms with Crippen LogP contribution in [0.1, 0.15) is 44.1 Å². The molecule has 120 valence electrons. The van der Waals surface area contributed by atoms with E-state index in [4.69, 9.17) is 4.52 Å². The molecule has 1 aromatic heterocycles. The van der Waals surface area contributed by atoms with Crippen molar-refractivity contribution in [2.45, 2.75) is 39.1 Å². The third-order valence-corrected chi connectivity index (χ3v) is 2.91. The Morgan fingerprint density at radius 1 is 1.14 bits per heavy atom. The van der Waals surface area contributed by atoms with Gasteiger partial charge in [0.25, 0.3) is 0 Å². The van der Waals surface area contributed by atoms with E-state index in [1.54, 1.807) is 12.1 Å². The van der Waals surface area contributed by atoms with Crippen LogP contribution in [0.25, 0.3) is 0 Å². The Morgan fingerprint density at radius 3 is 2.27 bits per heavy atom. The summed E-state index contributed by atoms with van der Waals surface area (Å²) in [4.78, 5) is 4.18. The van der Waals surface area contributed by atoms with Crippen LogP contribution >= 0.6 is 0 Å². The standard InChI is InChI=1S/C14H16F3N3O2/c1-8(2)12-19-13(22-20-12)18-9(3)10-4-6-11(7-5-10)21-14(15,16)17/h4-9H,1-3H3,(H,18,19,20). The van der Waals surface area contributed by atoms with E-state index in [0.717, 1.165) is 5.56 Å². The molecule has 0 amide bonds. The molecule has 0 radical (unpaired) electrons. The van der Waals surface area contributed by atoms with E-state index >= 15 is 0 Å². The Morgan fingerprint density at radius 2 is 1.77 bits per heavy atom. The van der Waals surface area contributed by atoms with Gasteiger partial charge in [0.15, 0.2) is 5.82 Å². The fourth-order valence-corrected chi connectivity index (χ4v) is 1.75. The summed E-state index contributed by atoms with van der Waals surface area (Å²) >= 11 is 0. The van der Waals surface area contributed by atoms with Crippen molar-refractivity contribution in [1.82, 2.24) is 10.1 Å². The molecule has 22 heavy (non-hydrogen) atoms. The number of rotatable bonds is 5. The normalized spacial score (nSPS) is 13.2. The number of nitrogens with one attached hydrogen (secondary N) is 1. The molecule has 0 saturated heterocycles. The smallest absolute Gasteiger partial charge is 0.406 e. The number of hydrogen-bond donors (Lipinski definition) is 1. The molecule has 1 atom stereocenters. The molecule has 0 bridgehead atoms. The molecule has 0 spiro atoms. The molecule has 0 aliphatic rings. The van der Waals surface area contributed by atoms with Crippen LogP contribution in [-0.2, 0) is 0 Å². The fourth-order valence-electron chi connectivity index (χ4n) is 1.75. The number of aromatic nitrogens is 2. The zero-order valence-corrected chi connectivity index (χ0v) is 12.3. The van der Waals surface area contributed by atoms with Crippen LogP contribution in [-0.4, -0.2) is 16.5 Å². The second-order valence-corrected chi connectivity index (χ2v) is 5.10. The van der Waals surface area contributed by atoms with Crippen molar-refractivity contribution in [3.05, 3.63) is 35.7 Å². The lowest BCUT2D eigenvalue weighted by molar-refractivity contribution is -0.274. The second kappa shape index (κ2) is 6.25. The second-order valence-electron chi connectivity index (χ2n) is 5.10. The van der Waals surface area contributed by atoms with Gasteiger partial charge >= 0.3 is 12.4 Å². The van der Waals surface area contributed by atoms with E-state index in [0.29, 0.717) is 5.82 Å². The van der Waals surface area contributed by atoms with Gasteiger partial charge in [-0.05, 0) is 24.6 Å². The maximum atomic E-state index is 12.1. The highest BCUT2D eigenvalue weighted by Crippen LogP contribution is 2.25. The van der Waals surface area contributed by atoms with Crippen molar-refractivity contribution in [3.8, 4) is 5.75 Å². The Kier molecular flexibility index (Phi) is 4.58. The van der Waals surface area contributed by atoms with Gasteiger partial charge in [-0.1, -0.05) is 31.1 Å². The molecular formula is C14H16F3N3O2. The molecule has 0 aliphatic heterocycles. The molecule has 1 aromatic carbocycles. The maximum Gasteiger partial charge on any atom is 0.573 e. The summed E-state index contributed by atoms with van der Waals surface area (Å²) in [7, 11) is 0. The average molecular weight is 315 g/mol. The summed E-state index contributed by atoms with van der Waals surface area (Å²) in [5.41, 5.74) is 0.763. The first-order valence-corrected chi connectivity index (χ1v) is 6.70. The van der Waals surface area contributed by atoms with Gasteiger partial charge in [0, 0.05) is 5.92 Å². The van der Waals surface area contributed by atoms with Crippen molar-refractivity contribution in [2.75, 3.05) is 5.32 Å². The SMILES string of the molecule is CC(C)c1noc(NC(C)c2ccc(OC(F)(F)F)cc2)n1. The molecule has 5 nitrogen and oxygen atoms in total. The highest BCUT2D eigenvalue weighted by atomic mass is 19.4. The van der Waals surface area contributed by atoms with Crippen molar-refractivity contribution < 1.29 is 22.4 Å². The Bertz CT molecular complexity index is 609. The summed E-state index contributed by atoms with van der Waals surface area (Å²) in [5, 5.41) is 6.82. The number of benzene rings is 1. The van der Waals surface area contributed by atoms with E-state index in [2.05, 4.69) is 20.2 Å². The number of hydrogen-bond acceptors (Lipinski definition) is 5. The van der Waals surface area contributed by atoms with Gasteiger partial charge in [0.1, 0.15) is 5.75 Å². The first-order valence-electron chi connectivity index (χ1n) is 6.70. The lowest BCUT2D eigenvalue weighted by Gasteiger charge is -2.13. The summed E-state index contributed by atoms with van der Waals surface area (Å²) in [6.45, 7) is 5.72. The molecule has 2 rings (SSSR count). The van der Waals surface area contributed by atoms with Gasteiger partial charge in [-0.15, -0.1) is 13.2 Å². The summed E-state index contributed by atoms with van der Waals surface area (Å²) < 4.78 is 45.2. The van der Waals surface area contributed by atoms with Crippen LogP contribution in [0.5, 0.6) is 5.75 Å². The van der Waals surface area contributed by atoms with Crippen molar-refractivity contribution in [1.29, 1.82) is 0 Å². The predicted molar refractivity (Wildman–Crippen MR) is 73.5 cm³/mol. The maximum absolute atomic E-state index is 12.1. The van der Waals surface area contributed by atoms with Crippen LogP contribution in [0, 0.1) is 0 Å². The van der Waals surface area contributed by atoms with Gasteiger partial charge in [0.05, 0.1) is 6.04 Å². The van der Waals surface area contributed by atoms with Crippen LogP contribution in [0.4, 0.5) is 19.2 Å². The largest absolute Gasteiger partial charge is 0.573 e. The Hall–Kier alpha value is -2.25. The third kappa shape index (κ3) is 4.37. The first kappa shape index (κ1) is 16.1. The van der Waals surface area contributed by atoms with Gasteiger partial charge < -0.3 is 14.6 Å². The van der Waals surface area contributed by atoms with Crippen LogP contribution in [0.2, 0.25) is 0 Å². The van der Waals surface area contributed by atoms with Crippen molar-refractivity contribution in [2.24, 2.45) is 0 Å². The molecule has 0 saturated carbocycles. The quantitative estimate of drug-likeness (QED) is 0.893. The van der Waals surface area contributed by atoms with E-state index in [1.807, 2.05) is 20.8 Å². The van der Waals surface area contributed by atoms with Gasteiger partial charge in [0.2, 0.25) is 0 Å². The molecule has 2 aromatic rings. The Balaban J connectivity index is 2.01. The Labute approximate surface area is 125 Å². The predicted octanol–water partition coefficient (Wildman–Crippen LogP) is 4.26. The van der Waals surface area contributed by atoms with Crippen LogP contribution < -0.4 is 10.1 Å². The summed E-state index contributed by atoms with van der Waals surface area (Å²) in [5.74, 6) is 0.473. The molecule has 0 fully saturated rings. The van der Waals surface area contributed by atoms with E-state index in [9.17, 15) is 13.2 Å². The van der Waals surface area contributed by atoms with E-state index in [1.165, 1.54) is 12.1 Å². The molecule has 1 unspecified atom stereocenters. The fraction of sp³-hybridized carbons (Fsp3) is 0.429. The lowest BCUT2D eigenvalue weighted by atomic mass is 10.1. The summed E-state index contributed by atoms with van der Waals surface area (Å²) in [6, 6.07) is 5.66. The number of nitrogens with zero attached hydrogens (tertiary/aromatic N) is 2. The molecule has 8 heteroatoms. The minimum atomic E-state index is -4.69. The zero-order chi connectivity index (χ0) is 16.3. The van der Waals surface area contributed by atoms with E-state index < -0.39 is 6.36 Å². The molecule has 0 aliphatic carbocycles. The van der Waals surface area contributed by atoms with Crippen molar-refractivity contribution in [3.63, 3.8) is 0 Å². The third-order valence-electron chi connectivity index (χ3n) is 2.91. The summed E-state index contributed by atoms with van der Waals surface area (Å²) in [6.07, 6.45) is -4.69. The highest BCUT2D eigenvalue weighted by molar-refractivity contribution is 5.33. The molecule has 1 heterocycles. The monoisotopic (exact) mass is 315 g/mol. The highest BCUT2D eigenvalue weighted by Gasteiger charge is 2.31. The zero-order valence-electron chi connectivity index (χ0n) is 12.3. The lowest BCUT2D eigenvalue weighted by Crippen LogP contribution is -2.17. The number of halogens is 3. The van der Waals surface area contributed by atoms with E-state index in [-0.39, 0.29) is 23.7 Å². The minimum absolute atomic E-state index is 0.147. The molecule has 1 N–H and O–H groups in total. The first-order chi connectivity index (χ1) is 10.2. The van der Waals surface area contributed by atoms with Gasteiger partial charge in [-0.2, -0.15) is 4.98 Å². The van der Waals surface area contributed by atoms with Crippen molar-refractivity contribution >= 4 is 6.01 Å². The molecular weight excluding hydrogens is 299 g/mol. The minimum Gasteiger partial charge on any atom is -0.406 e. The van der Waals surface area contributed by atoms with Crippen LogP contribution in [0.3, 0.4) is 0 Å². The number of alkyl halides is 3. The topological polar surface area (TPSA) is 60.2 Å². The number of anilines is 1. The van der Waals surface area contributed by atoms with Gasteiger partial charge in [-0.25, -0.2) is 0 Å². The van der Waals surface area contributed by atoms with Gasteiger partial charge in [-0.3, -0.25) is 0 Å². The average Bonchev–Trinajstić information content (AvgIpc) is 2.86.